The summed E-state index contributed by atoms with van der Waals surface area (Å²) in [6, 6.07) is 10.3. The van der Waals surface area contributed by atoms with Crippen molar-refractivity contribution in [3.05, 3.63) is 24.3 Å². The van der Waals surface area contributed by atoms with Crippen molar-refractivity contribution in [2.75, 3.05) is 24.7 Å². The third kappa shape index (κ3) is 2.52. The topological polar surface area (TPSA) is 15.3 Å². The lowest BCUT2D eigenvalue weighted by Crippen LogP contribution is -2.41. The molecule has 0 saturated carbocycles. The molecular weight excluding hydrogens is 240 g/mol. The quantitative estimate of drug-likeness (QED) is 0.840. The van der Waals surface area contributed by atoms with Crippen LogP contribution >= 0.6 is 11.8 Å². The Balaban J connectivity index is 1.65. The normalized spacial score (nSPS) is 28.1. The maximum atomic E-state index is 3.74. The Labute approximate surface area is 114 Å². The average molecular weight is 262 g/mol. The van der Waals surface area contributed by atoms with Gasteiger partial charge < -0.3 is 5.32 Å². The first-order chi connectivity index (χ1) is 8.86. The molecule has 0 aromatic heterocycles. The summed E-state index contributed by atoms with van der Waals surface area (Å²) in [6.45, 7) is 2.60. The van der Waals surface area contributed by atoms with E-state index in [1.165, 1.54) is 49.4 Å². The fraction of sp³-hybridized carbons (Fsp3) is 0.600. The maximum absolute atomic E-state index is 3.74. The first kappa shape index (κ1) is 12.4. The van der Waals surface area contributed by atoms with Crippen LogP contribution in [0.3, 0.4) is 0 Å². The number of anilines is 1. The molecule has 2 fully saturated rings. The van der Waals surface area contributed by atoms with Gasteiger partial charge in [0.05, 0.1) is 0 Å². The minimum Gasteiger partial charge on any atom is -0.381 e. The van der Waals surface area contributed by atoms with Gasteiger partial charge in [-0.15, -0.1) is 11.8 Å². The monoisotopic (exact) mass is 262 g/mol. The lowest BCUT2D eigenvalue weighted by molar-refractivity contribution is 0.193. The van der Waals surface area contributed by atoms with Gasteiger partial charge in [0, 0.05) is 29.2 Å². The first-order valence-corrected chi connectivity index (χ1v) is 8.24. The van der Waals surface area contributed by atoms with Crippen molar-refractivity contribution in [3.63, 3.8) is 0 Å². The summed E-state index contributed by atoms with van der Waals surface area (Å²) in [5.41, 5.74) is 1.28. The molecule has 0 bridgehead atoms. The number of benzene rings is 1. The van der Waals surface area contributed by atoms with E-state index in [0.29, 0.717) is 6.04 Å². The lowest BCUT2D eigenvalue weighted by Gasteiger charge is -2.33. The van der Waals surface area contributed by atoms with E-state index in [-0.39, 0.29) is 0 Å². The number of hydrogen-bond acceptors (Lipinski definition) is 3. The second kappa shape index (κ2) is 5.54. The second-order valence-corrected chi connectivity index (χ2v) is 6.25. The van der Waals surface area contributed by atoms with Crippen LogP contribution in [0.25, 0.3) is 0 Å². The smallest absolute Gasteiger partial charge is 0.0428 e. The molecule has 1 N–H and O–H groups in total. The molecule has 3 rings (SSSR count). The standard InChI is InChI=1S/C15H22N2S/c1-18-13-7-5-12(6-8-13)16-14-9-11-17-10-3-2-4-15(14)17/h5-8,14-16H,2-4,9-11H2,1H3. The van der Waals surface area contributed by atoms with Gasteiger partial charge in [-0.1, -0.05) is 6.42 Å². The highest BCUT2D eigenvalue weighted by Crippen LogP contribution is 2.29. The van der Waals surface area contributed by atoms with E-state index in [4.69, 9.17) is 0 Å². The SMILES string of the molecule is CSc1ccc(NC2CCN3CCCCC23)cc1. The highest BCUT2D eigenvalue weighted by Gasteiger charge is 2.35. The van der Waals surface area contributed by atoms with Crippen LogP contribution in [0.2, 0.25) is 0 Å². The van der Waals surface area contributed by atoms with E-state index in [0.717, 1.165) is 6.04 Å². The third-order valence-electron chi connectivity index (χ3n) is 4.30. The zero-order valence-electron chi connectivity index (χ0n) is 11.1. The van der Waals surface area contributed by atoms with Gasteiger partial charge in [0.1, 0.15) is 0 Å². The third-order valence-corrected chi connectivity index (χ3v) is 5.04. The van der Waals surface area contributed by atoms with Crippen LogP contribution in [-0.4, -0.2) is 36.3 Å². The molecule has 0 radical (unpaired) electrons. The van der Waals surface area contributed by atoms with Crippen LogP contribution in [0.4, 0.5) is 5.69 Å². The summed E-state index contributed by atoms with van der Waals surface area (Å²) in [4.78, 5) is 4.02. The Hall–Kier alpha value is -0.670. The molecule has 0 amide bonds. The van der Waals surface area contributed by atoms with Crippen molar-refractivity contribution in [3.8, 4) is 0 Å². The highest BCUT2D eigenvalue weighted by atomic mass is 32.2. The predicted octanol–water partition coefficient (Wildman–Crippen LogP) is 3.45. The molecule has 2 saturated heterocycles. The van der Waals surface area contributed by atoms with Gasteiger partial charge in [0.2, 0.25) is 0 Å². The summed E-state index contributed by atoms with van der Waals surface area (Å²) < 4.78 is 0. The van der Waals surface area contributed by atoms with Gasteiger partial charge in [-0.2, -0.15) is 0 Å². The van der Waals surface area contributed by atoms with Crippen molar-refractivity contribution in [1.29, 1.82) is 0 Å². The largest absolute Gasteiger partial charge is 0.381 e. The molecule has 2 aliphatic rings. The summed E-state index contributed by atoms with van der Waals surface area (Å²) in [5, 5.41) is 3.74. The second-order valence-electron chi connectivity index (χ2n) is 5.37. The Morgan fingerprint density at radius 1 is 1.11 bits per heavy atom. The summed E-state index contributed by atoms with van der Waals surface area (Å²) in [5.74, 6) is 0. The zero-order chi connectivity index (χ0) is 12.4. The molecule has 3 heteroatoms. The van der Waals surface area contributed by atoms with Gasteiger partial charge >= 0.3 is 0 Å². The zero-order valence-corrected chi connectivity index (χ0v) is 11.9. The van der Waals surface area contributed by atoms with Crippen molar-refractivity contribution < 1.29 is 0 Å². The number of thioether (sulfide) groups is 1. The van der Waals surface area contributed by atoms with Crippen molar-refractivity contribution in [1.82, 2.24) is 4.90 Å². The molecule has 0 aliphatic carbocycles. The van der Waals surface area contributed by atoms with Crippen LogP contribution in [-0.2, 0) is 0 Å². The lowest BCUT2D eigenvalue weighted by atomic mass is 9.99. The molecule has 98 valence electrons. The minimum atomic E-state index is 0.658. The fourth-order valence-electron chi connectivity index (χ4n) is 3.32. The minimum absolute atomic E-state index is 0.658. The Morgan fingerprint density at radius 2 is 1.94 bits per heavy atom. The Kier molecular flexibility index (Phi) is 3.80. The molecule has 2 unspecified atom stereocenters. The van der Waals surface area contributed by atoms with E-state index in [1.807, 2.05) is 0 Å². The van der Waals surface area contributed by atoms with Crippen molar-refractivity contribution in [2.45, 2.75) is 42.7 Å². The molecule has 2 atom stereocenters. The van der Waals surface area contributed by atoms with Crippen LogP contribution in [0, 0.1) is 0 Å². The number of fused-ring (bicyclic) bond motifs is 1. The predicted molar refractivity (Wildman–Crippen MR) is 79.5 cm³/mol. The molecule has 18 heavy (non-hydrogen) atoms. The number of rotatable bonds is 3. The van der Waals surface area contributed by atoms with Gasteiger partial charge in [0.25, 0.3) is 0 Å². The van der Waals surface area contributed by atoms with E-state index in [2.05, 4.69) is 40.7 Å². The molecule has 2 nitrogen and oxygen atoms in total. The van der Waals surface area contributed by atoms with Gasteiger partial charge in [-0.05, 0) is 56.3 Å². The van der Waals surface area contributed by atoms with Crippen LogP contribution < -0.4 is 5.32 Å². The Bertz CT molecular complexity index is 390. The number of nitrogens with one attached hydrogen (secondary N) is 1. The average Bonchev–Trinajstić information content (AvgIpc) is 2.83. The molecule has 2 heterocycles. The molecule has 1 aromatic rings. The highest BCUT2D eigenvalue weighted by molar-refractivity contribution is 7.98. The molecule has 2 aliphatic heterocycles. The molecular formula is C15H22N2S. The van der Waals surface area contributed by atoms with E-state index in [9.17, 15) is 0 Å². The Morgan fingerprint density at radius 3 is 2.72 bits per heavy atom. The fourth-order valence-corrected chi connectivity index (χ4v) is 3.73. The van der Waals surface area contributed by atoms with E-state index in [1.54, 1.807) is 11.8 Å². The van der Waals surface area contributed by atoms with Gasteiger partial charge in [-0.25, -0.2) is 0 Å². The molecule has 0 spiro atoms. The van der Waals surface area contributed by atoms with E-state index < -0.39 is 0 Å². The van der Waals surface area contributed by atoms with Crippen molar-refractivity contribution >= 4 is 17.4 Å². The number of piperidine rings is 1. The van der Waals surface area contributed by atoms with Gasteiger partial charge in [-0.3, -0.25) is 4.90 Å². The number of hydrogen-bond donors (Lipinski definition) is 1. The molecule has 1 aromatic carbocycles. The maximum Gasteiger partial charge on any atom is 0.0428 e. The van der Waals surface area contributed by atoms with Crippen molar-refractivity contribution in [2.24, 2.45) is 0 Å². The van der Waals surface area contributed by atoms with E-state index >= 15 is 0 Å². The summed E-state index contributed by atoms with van der Waals surface area (Å²) >= 11 is 1.80. The number of nitrogens with zero attached hydrogens (tertiary/aromatic N) is 1. The summed E-state index contributed by atoms with van der Waals surface area (Å²) in [7, 11) is 0. The van der Waals surface area contributed by atoms with Crippen LogP contribution in [0.1, 0.15) is 25.7 Å². The first-order valence-electron chi connectivity index (χ1n) is 7.01. The summed E-state index contributed by atoms with van der Waals surface area (Å²) in [6.07, 6.45) is 7.60. The van der Waals surface area contributed by atoms with Crippen LogP contribution in [0.5, 0.6) is 0 Å². The van der Waals surface area contributed by atoms with Crippen LogP contribution in [0.15, 0.2) is 29.2 Å². The van der Waals surface area contributed by atoms with Gasteiger partial charge in [0.15, 0.2) is 0 Å².